The second kappa shape index (κ2) is 5.75. The highest BCUT2D eigenvalue weighted by Gasteiger charge is 2.25. The average molecular weight is 269 g/mol. The van der Waals surface area contributed by atoms with Crippen molar-refractivity contribution in [2.24, 2.45) is 5.92 Å². The summed E-state index contributed by atoms with van der Waals surface area (Å²) in [7, 11) is 0. The van der Waals surface area contributed by atoms with Crippen LogP contribution in [0.1, 0.15) is 23.7 Å². The highest BCUT2D eigenvalue weighted by atomic mass is 19.2. The molecule has 0 spiro atoms. The molecule has 1 aliphatic heterocycles. The number of carbonyl (C=O) groups is 1. The summed E-state index contributed by atoms with van der Waals surface area (Å²) in [4.78, 5) is 13.8. The molecular formula is C14H17F2NO2. The van der Waals surface area contributed by atoms with Crippen molar-refractivity contribution >= 4 is 5.78 Å². The first-order chi connectivity index (χ1) is 8.97. The number of ketones is 1. The predicted molar refractivity (Wildman–Crippen MR) is 66.9 cm³/mol. The third-order valence-electron chi connectivity index (χ3n) is 3.61. The van der Waals surface area contributed by atoms with Crippen LogP contribution in [-0.2, 0) is 0 Å². The number of aliphatic hydroxyl groups excluding tert-OH is 1. The van der Waals surface area contributed by atoms with Crippen LogP contribution in [0, 0.1) is 17.6 Å². The number of halogens is 2. The fourth-order valence-corrected chi connectivity index (χ4v) is 2.22. The zero-order valence-corrected chi connectivity index (χ0v) is 10.8. The topological polar surface area (TPSA) is 40.5 Å². The van der Waals surface area contributed by atoms with E-state index in [2.05, 4.69) is 0 Å². The van der Waals surface area contributed by atoms with E-state index in [4.69, 9.17) is 0 Å². The van der Waals surface area contributed by atoms with Gasteiger partial charge in [0.2, 0.25) is 0 Å². The number of benzene rings is 1. The van der Waals surface area contributed by atoms with E-state index in [9.17, 15) is 18.7 Å². The van der Waals surface area contributed by atoms with E-state index in [1.807, 2.05) is 11.8 Å². The quantitative estimate of drug-likeness (QED) is 0.851. The van der Waals surface area contributed by atoms with Gasteiger partial charge in [-0.15, -0.1) is 0 Å². The zero-order chi connectivity index (χ0) is 14.0. The Morgan fingerprint density at radius 3 is 2.79 bits per heavy atom. The summed E-state index contributed by atoms with van der Waals surface area (Å²) in [5, 5.41) is 9.75. The molecule has 0 bridgehead atoms. The molecule has 1 aliphatic rings. The second-order valence-electron chi connectivity index (χ2n) is 5.12. The molecule has 1 N–H and O–H groups in total. The highest BCUT2D eigenvalue weighted by Crippen LogP contribution is 2.17. The molecule has 0 amide bonds. The molecule has 1 saturated heterocycles. The van der Waals surface area contributed by atoms with Gasteiger partial charge in [-0.2, -0.15) is 0 Å². The number of Topliss-reactive ketones (excluding diaryl/α,β-unsaturated/α-hetero) is 1. The molecule has 104 valence electrons. The summed E-state index contributed by atoms with van der Waals surface area (Å²) in [5.74, 6) is -2.01. The van der Waals surface area contributed by atoms with Gasteiger partial charge >= 0.3 is 0 Å². The van der Waals surface area contributed by atoms with Gasteiger partial charge in [-0.1, -0.05) is 6.92 Å². The van der Waals surface area contributed by atoms with E-state index < -0.39 is 17.7 Å². The van der Waals surface area contributed by atoms with Crippen molar-refractivity contribution in [2.75, 3.05) is 19.6 Å². The minimum Gasteiger partial charge on any atom is -0.392 e. The third-order valence-corrected chi connectivity index (χ3v) is 3.61. The van der Waals surface area contributed by atoms with Crippen molar-refractivity contribution in [3.63, 3.8) is 0 Å². The van der Waals surface area contributed by atoms with Gasteiger partial charge in [0, 0.05) is 12.1 Å². The molecule has 0 radical (unpaired) electrons. The summed E-state index contributed by atoms with van der Waals surface area (Å²) in [6.07, 6.45) is 0.387. The van der Waals surface area contributed by atoms with Gasteiger partial charge in [0.1, 0.15) is 0 Å². The molecule has 2 atom stereocenters. The normalized spacial score (nSPS) is 24.4. The maximum Gasteiger partial charge on any atom is 0.176 e. The first kappa shape index (κ1) is 14.1. The minimum absolute atomic E-state index is 0.120. The molecule has 0 aromatic heterocycles. The van der Waals surface area contributed by atoms with Gasteiger partial charge < -0.3 is 5.11 Å². The first-order valence-electron chi connectivity index (χ1n) is 6.36. The van der Waals surface area contributed by atoms with Crippen molar-refractivity contribution in [2.45, 2.75) is 19.4 Å². The zero-order valence-electron chi connectivity index (χ0n) is 10.8. The van der Waals surface area contributed by atoms with Gasteiger partial charge in [0.25, 0.3) is 0 Å². The Balaban J connectivity index is 1.99. The molecule has 1 fully saturated rings. The molecule has 0 saturated carbocycles. The lowest BCUT2D eigenvalue weighted by molar-refractivity contribution is 0.0294. The minimum atomic E-state index is -1.02. The first-order valence-corrected chi connectivity index (χ1v) is 6.36. The lowest BCUT2D eigenvalue weighted by Crippen LogP contribution is -2.44. The molecule has 2 rings (SSSR count). The van der Waals surface area contributed by atoms with Gasteiger partial charge in [-0.05, 0) is 37.1 Å². The monoisotopic (exact) mass is 269 g/mol. The maximum atomic E-state index is 13.1. The third kappa shape index (κ3) is 3.36. The van der Waals surface area contributed by atoms with Gasteiger partial charge in [-0.3, -0.25) is 9.69 Å². The van der Waals surface area contributed by atoms with Crippen molar-refractivity contribution in [3.05, 3.63) is 35.4 Å². The number of likely N-dealkylation sites (tertiary alicyclic amines) is 1. The van der Waals surface area contributed by atoms with Crippen LogP contribution in [0.2, 0.25) is 0 Å². The molecular weight excluding hydrogens is 252 g/mol. The average Bonchev–Trinajstić information content (AvgIpc) is 2.37. The van der Waals surface area contributed by atoms with Crippen LogP contribution in [0.3, 0.4) is 0 Å². The van der Waals surface area contributed by atoms with E-state index in [0.717, 1.165) is 25.1 Å². The van der Waals surface area contributed by atoms with Crippen LogP contribution in [0.25, 0.3) is 0 Å². The second-order valence-corrected chi connectivity index (χ2v) is 5.12. The van der Waals surface area contributed by atoms with Crippen LogP contribution >= 0.6 is 0 Å². The molecule has 2 unspecified atom stereocenters. The highest BCUT2D eigenvalue weighted by molar-refractivity contribution is 5.97. The van der Waals surface area contributed by atoms with Crippen LogP contribution in [0.5, 0.6) is 0 Å². The number of carbonyl (C=O) groups excluding carboxylic acids is 1. The maximum absolute atomic E-state index is 13.1. The number of nitrogens with zero attached hydrogens (tertiary/aromatic N) is 1. The summed E-state index contributed by atoms with van der Waals surface area (Å²) in [6, 6.07) is 3.15. The Bertz CT molecular complexity index is 479. The summed E-state index contributed by atoms with van der Waals surface area (Å²) < 4.78 is 25.8. The fraction of sp³-hybridized carbons (Fsp3) is 0.500. The SMILES string of the molecule is CC1CCN(CC(=O)c2ccc(F)c(F)c2)CC1O. The molecule has 5 heteroatoms. The van der Waals surface area contributed by atoms with Crippen molar-refractivity contribution in [1.29, 1.82) is 0 Å². The Labute approximate surface area is 110 Å². The Hall–Kier alpha value is -1.33. The Kier molecular flexibility index (Phi) is 4.27. The van der Waals surface area contributed by atoms with E-state index in [0.29, 0.717) is 6.54 Å². The van der Waals surface area contributed by atoms with Crippen molar-refractivity contribution in [3.8, 4) is 0 Å². The van der Waals surface area contributed by atoms with Crippen LogP contribution in [0.15, 0.2) is 18.2 Å². The lowest BCUT2D eigenvalue weighted by atomic mass is 9.95. The van der Waals surface area contributed by atoms with Gasteiger partial charge in [-0.25, -0.2) is 8.78 Å². The molecule has 1 heterocycles. The molecule has 1 aromatic rings. The van der Waals surface area contributed by atoms with Crippen molar-refractivity contribution < 1.29 is 18.7 Å². The van der Waals surface area contributed by atoms with Gasteiger partial charge in [0.15, 0.2) is 17.4 Å². The number of hydrogen-bond acceptors (Lipinski definition) is 3. The van der Waals surface area contributed by atoms with Gasteiger partial charge in [0.05, 0.1) is 12.6 Å². The van der Waals surface area contributed by atoms with E-state index in [1.54, 1.807) is 0 Å². The molecule has 3 nitrogen and oxygen atoms in total. The van der Waals surface area contributed by atoms with Crippen LogP contribution < -0.4 is 0 Å². The lowest BCUT2D eigenvalue weighted by Gasteiger charge is -2.33. The number of piperidine rings is 1. The number of aliphatic hydroxyl groups is 1. The summed E-state index contributed by atoms with van der Waals surface area (Å²) >= 11 is 0. The molecule has 1 aromatic carbocycles. The van der Waals surface area contributed by atoms with E-state index in [-0.39, 0.29) is 23.8 Å². The summed E-state index contributed by atoms with van der Waals surface area (Å²) in [5.41, 5.74) is 0.159. The van der Waals surface area contributed by atoms with Crippen LogP contribution in [0.4, 0.5) is 8.78 Å². The van der Waals surface area contributed by atoms with Crippen LogP contribution in [-0.4, -0.2) is 41.5 Å². The van der Waals surface area contributed by atoms with E-state index >= 15 is 0 Å². The molecule has 0 aliphatic carbocycles. The predicted octanol–water partition coefficient (Wildman–Crippen LogP) is 1.85. The largest absolute Gasteiger partial charge is 0.392 e. The van der Waals surface area contributed by atoms with E-state index in [1.165, 1.54) is 6.07 Å². The Morgan fingerprint density at radius 2 is 2.16 bits per heavy atom. The number of hydrogen-bond donors (Lipinski definition) is 1. The number of β-amino-alcohol motifs (C(OH)–C–C–N with tert-alkyl or cyclic N) is 1. The fourth-order valence-electron chi connectivity index (χ4n) is 2.22. The van der Waals surface area contributed by atoms with Crippen molar-refractivity contribution in [1.82, 2.24) is 4.90 Å². The standard InChI is InChI=1S/C14H17F2NO2/c1-9-4-5-17(7-13(9)18)8-14(19)10-2-3-11(15)12(16)6-10/h2-3,6,9,13,18H,4-5,7-8H2,1H3. The number of rotatable bonds is 3. The smallest absolute Gasteiger partial charge is 0.176 e. The summed E-state index contributed by atoms with van der Waals surface area (Å²) in [6.45, 7) is 3.26. The Morgan fingerprint density at radius 1 is 1.42 bits per heavy atom. The molecule has 19 heavy (non-hydrogen) atoms.